The fourth-order valence-electron chi connectivity index (χ4n) is 2.56. The van der Waals surface area contributed by atoms with Gasteiger partial charge in [0.15, 0.2) is 0 Å². The number of morpholine rings is 1. The van der Waals surface area contributed by atoms with Crippen molar-refractivity contribution in [3.8, 4) is 0 Å². The van der Waals surface area contributed by atoms with E-state index in [0.29, 0.717) is 18.4 Å². The van der Waals surface area contributed by atoms with Crippen LogP contribution in [0.15, 0.2) is 6.07 Å². The largest absolute Gasteiger partial charge is 0.395 e. The van der Waals surface area contributed by atoms with Crippen LogP contribution in [0.5, 0.6) is 0 Å². The summed E-state index contributed by atoms with van der Waals surface area (Å²) in [6.07, 6.45) is 2.42. The molecule has 1 saturated heterocycles. The van der Waals surface area contributed by atoms with Gasteiger partial charge < -0.3 is 20.5 Å². The minimum absolute atomic E-state index is 0.0802. The molecule has 7 nitrogen and oxygen atoms in total. The highest BCUT2D eigenvalue weighted by molar-refractivity contribution is 5.44. The Hall–Kier alpha value is -1.44. The first-order chi connectivity index (χ1) is 10.8. The molecule has 122 valence electrons. The molecule has 0 aromatic carbocycles. The predicted octanol–water partition coefficient (Wildman–Crippen LogP) is 0.502. The first-order valence-corrected chi connectivity index (χ1v) is 8.13. The van der Waals surface area contributed by atoms with E-state index in [0.717, 1.165) is 50.9 Å². The third kappa shape index (κ3) is 4.53. The normalized spacial score (nSPS) is 19.1. The number of hydrogen-bond donors (Lipinski definition) is 3. The maximum atomic E-state index is 8.92. The van der Waals surface area contributed by atoms with Crippen molar-refractivity contribution in [3.63, 3.8) is 0 Å². The Labute approximate surface area is 131 Å². The van der Waals surface area contributed by atoms with Gasteiger partial charge in [0.25, 0.3) is 0 Å². The van der Waals surface area contributed by atoms with Crippen LogP contribution in [-0.4, -0.2) is 72.5 Å². The number of aromatic nitrogens is 2. The molecule has 1 aliphatic heterocycles. The summed E-state index contributed by atoms with van der Waals surface area (Å²) in [6, 6.07) is 2.06. The molecule has 1 saturated carbocycles. The second-order valence-electron chi connectivity index (χ2n) is 5.81. The van der Waals surface area contributed by atoms with E-state index in [9.17, 15) is 0 Å². The molecule has 0 bridgehead atoms. The standard InChI is InChI=1S/C15H25N5O2/c21-8-4-17-15-18-13(12-1-2-12)11-14(19-15)16-3-5-20-6-9-22-10-7-20/h11-12,21H,1-10H2,(H2,16,17,18,19). The minimum atomic E-state index is 0.0802. The molecule has 2 fully saturated rings. The van der Waals surface area contributed by atoms with Gasteiger partial charge in [0.05, 0.1) is 25.5 Å². The molecule has 22 heavy (non-hydrogen) atoms. The summed E-state index contributed by atoms with van der Waals surface area (Å²) in [6.45, 7) is 6.07. The second kappa shape index (κ2) is 7.71. The van der Waals surface area contributed by atoms with E-state index < -0.39 is 0 Å². The third-order valence-corrected chi connectivity index (χ3v) is 3.97. The third-order valence-electron chi connectivity index (χ3n) is 3.97. The highest BCUT2D eigenvalue weighted by atomic mass is 16.5. The Morgan fingerprint density at radius 1 is 1.18 bits per heavy atom. The average molecular weight is 307 g/mol. The SMILES string of the molecule is OCCNc1nc(NCCN2CCOCC2)cc(C2CC2)n1. The lowest BCUT2D eigenvalue weighted by Gasteiger charge is -2.26. The van der Waals surface area contributed by atoms with E-state index in [1.165, 1.54) is 12.8 Å². The molecule has 0 unspecified atom stereocenters. The number of nitrogens with zero attached hydrogens (tertiary/aromatic N) is 3. The zero-order valence-corrected chi connectivity index (χ0v) is 12.9. The molecular formula is C15H25N5O2. The summed E-state index contributed by atoms with van der Waals surface area (Å²) >= 11 is 0. The van der Waals surface area contributed by atoms with Gasteiger partial charge in [-0.05, 0) is 12.8 Å². The van der Waals surface area contributed by atoms with Crippen molar-refractivity contribution in [1.29, 1.82) is 0 Å². The van der Waals surface area contributed by atoms with E-state index in [-0.39, 0.29) is 6.61 Å². The number of hydrogen-bond acceptors (Lipinski definition) is 7. The van der Waals surface area contributed by atoms with Crippen LogP contribution in [0.1, 0.15) is 24.5 Å². The molecule has 1 aromatic heterocycles. The zero-order valence-electron chi connectivity index (χ0n) is 12.9. The van der Waals surface area contributed by atoms with Crippen molar-refractivity contribution in [2.75, 3.05) is 63.2 Å². The summed E-state index contributed by atoms with van der Waals surface area (Å²) in [5.74, 6) is 2.05. The average Bonchev–Trinajstić information content (AvgIpc) is 3.39. The van der Waals surface area contributed by atoms with Gasteiger partial charge in [-0.1, -0.05) is 0 Å². The minimum Gasteiger partial charge on any atom is -0.395 e. The van der Waals surface area contributed by atoms with E-state index in [1.54, 1.807) is 0 Å². The van der Waals surface area contributed by atoms with E-state index in [4.69, 9.17) is 9.84 Å². The smallest absolute Gasteiger partial charge is 0.224 e. The number of aliphatic hydroxyl groups is 1. The summed E-state index contributed by atoms with van der Waals surface area (Å²) in [4.78, 5) is 11.4. The Bertz CT molecular complexity index is 475. The number of anilines is 2. The fourth-order valence-corrected chi connectivity index (χ4v) is 2.56. The second-order valence-corrected chi connectivity index (χ2v) is 5.81. The molecule has 1 aromatic rings. The van der Waals surface area contributed by atoms with Gasteiger partial charge in [-0.25, -0.2) is 4.98 Å². The fraction of sp³-hybridized carbons (Fsp3) is 0.733. The van der Waals surface area contributed by atoms with Crippen LogP contribution in [0, 0.1) is 0 Å². The Morgan fingerprint density at radius 3 is 2.73 bits per heavy atom. The Kier molecular flexibility index (Phi) is 5.42. The van der Waals surface area contributed by atoms with Crippen molar-refractivity contribution in [2.24, 2.45) is 0 Å². The monoisotopic (exact) mass is 307 g/mol. The van der Waals surface area contributed by atoms with E-state index >= 15 is 0 Å². The van der Waals surface area contributed by atoms with Crippen LogP contribution >= 0.6 is 0 Å². The van der Waals surface area contributed by atoms with Crippen LogP contribution in [-0.2, 0) is 4.74 Å². The van der Waals surface area contributed by atoms with Gasteiger partial charge in [0.1, 0.15) is 5.82 Å². The maximum Gasteiger partial charge on any atom is 0.224 e. The molecule has 0 amide bonds. The topological polar surface area (TPSA) is 82.5 Å². The van der Waals surface area contributed by atoms with Gasteiger partial charge in [0.2, 0.25) is 5.95 Å². The van der Waals surface area contributed by atoms with Crippen LogP contribution in [0.25, 0.3) is 0 Å². The predicted molar refractivity (Wildman–Crippen MR) is 85.3 cm³/mol. The molecule has 0 radical (unpaired) electrons. The summed E-state index contributed by atoms with van der Waals surface area (Å²) in [5.41, 5.74) is 1.10. The lowest BCUT2D eigenvalue weighted by molar-refractivity contribution is 0.0398. The van der Waals surface area contributed by atoms with Crippen molar-refractivity contribution in [1.82, 2.24) is 14.9 Å². The summed E-state index contributed by atoms with van der Waals surface area (Å²) in [7, 11) is 0. The van der Waals surface area contributed by atoms with Crippen LogP contribution in [0.3, 0.4) is 0 Å². The quantitative estimate of drug-likeness (QED) is 0.645. The molecular weight excluding hydrogens is 282 g/mol. The van der Waals surface area contributed by atoms with Gasteiger partial charge in [0, 0.05) is 44.7 Å². The van der Waals surface area contributed by atoms with Crippen LogP contribution in [0.2, 0.25) is 0 Å². The molecule has 1 aliphatic carbocycles. The van der Waals surface area contributed by atoms with Crippen molar-refractivity contribution in [2.45, 2.75) is 18.8 Å². The highest BCUT2D eigenvalue weighted by Crippen LogP contribution is 2.39. The molecule has 7 heteroatoms. The van der Waals surface area contributed by atoms with Crippen LogP contribution < -0.4 is 10.6 Å². The number of rotatable bonds is 8. The van der Waals surface area contributed by atoms with Crippen LogP contribution in [0.4, 0.5) is 11.8 Å². The molecule has 3 N–H and O–H groups in total. The van der Waals surface area contributed by atoms with Crippen molar-refractivity contribution >= 4 is 11.8 Å². The maximum absolute atomic E-state index is 8.92. The molecule has 0 atom stereocenters. The first kappa shape index (κ1) is 15.5. The number of nitrogens with one attached hydrogen (secondary N) is 2. The number of ether oxygens (including phenoxy) is 1. The van der Waals surface area contributed by atoms with E-state index in [1.807, 2.05) is 0 Å². The van der Waals surface area contributed by atoms with Gasteiger partial charge in [-0.15, -0.1) is 0 Å². The molecule has 2 aliphatic rings. The van der Waals surface area contributed by atoms with E-state index in [2.05, 4.69) is 31.6 Å². The highest BCUT2D eigenvalue weighted by Gasteiger charge is 2.26. The van der Waals surface area contributed by atoms with Crippen molar-refractivity contribution in [3.05, 3.63) is 11.8 Å². The van der Waals surface area contributed by atoms with Gasteiger partial charge in [-0.3, -0.25) is 4.90 Å². The molecule has 3 rings (SSSR count). The lowest BCUT2D eigenvalue weighted by Crippen LogP contribution is -2.39. The number of aliphatic hydroxyl groups excluding tert-OH is 1. The molecule has 2 heterocycles. The Balaban J connectivity index is 1.55. The zero-order chi connectivity index (χ0) is 15.2. The Morgan fingerprint density at radius 2 is 2.00 bits per heavy atom. The van der Waals surface area contributed by atoms with Gasteiger partial charge >= 0.3 is 0 Å². The summed E-state index contributed by atoms with van der Waals surface area (Å²) < 4.78 is 5.36. The first-order valence-electron chi connectivity index (χ1n) is 8.13. The lowest BCUT2D eigenvalue weighted by atomic mass is 10.3. The van der Waals surface area contributed by atoms with Gasteiger partial charge in [-0.2, -0.15) is 4.98 Å². The molecule has 0 spiro atoms. The van der Waals surface area contributed by atoms with Crippen molar-refractivity contribution < 1.29 is 9.84 Å². The summed E-state index contributed by atoms with van der Waals surface area (Å²) in [5, 5.41) is 15.4.